The first kappa shape index (κ1) is 23.8. The lowest BCUT2D eigenvalue weighted by molar-refractivity contribution is -0.422. The van der Waals surface area contributed by atoms with Crippen LogP contribution in [-0.4, -0.2) is 42.2 Å². The van der Waals surface area contributed by atoms with Gasteiger partial charge < -0.3 is 0 Å². The Balaban J connectivity index is 7.03. The third-order valence-corrected chi connectivity index (χ3v) is 2.49. The van der Waals surface area contributed by atoms with E-state index in [2.05, 4.69) is 0 Å². The summed E-state index contributed by atoms with van der Waals surface area (Å²) in [6, 6.07) is 0. The van der Waals surface area contributed by atoms with Crippen molar-refractivity contribution in [1.29, 1.82) is 0 Å². The zero-order valence-electron chi connectivity index (χ0n) is 10.4. The molecule has 0 aromatic carbocycles. The minimum atomic E-state index is -8.57. The average molecular weight is 419 g/mol. The third kappa shape index (κ3) is 3.54. The van der Waals surface area contributed by atoms with Gasteiger partial charge in [-0.15, -0.1) is 0 Å². The van der Waals surface area contributed by atoms with E-state index >= 15 is 0 Å². The summed E-state index contributed by atoms with van der Waals surface area (Å²) in [5.41, 5.74) is -8.48. The molecule has 0 spiro atoms. The molecule has 0 aliphatic carbocycles. The Morgan fingerprint density at radius 2 is 0.640 bits per heavy atom. The van der Waals surface area contributed by atoms with Gasteiger partial charge in [0.1, 0.15) is 0 Å². The number of rotatable bonds is 3. The van der Waals surface area contributed by atoms with Crippen molar-refractivity contribution in [2.75, 3.05) is 0 Å². The lowest BCUT2D eigenvalue weighted by atomic mass is 9.78. The maximum Gasteiger partial charge on any atom is 0.460 e. The number of halogens is 17. The monoisotopic (exact) mass is 419 g/mol. The average Bonchev–Trinajstić information content (AvgIpc) is 2.20. The fraction of sp³-hybridized carbons (Fsp3) is 0.875. The summed E-state index contributed by atoms with van der Waals surface area (Å²) in [4.78, 5) is 0. The molecule has 0 bridgehead atoms. The first-order valence-electron chi connectivity index (χ1n) is 4.96. The number of hydrogen-bond donors (Lipinski definition) is 0. The first-order chi connectivity index (χ1) is 10.4. The van der Waals surface area contributed by atoms with Crippen molar-refractivity contribution in [3.05, 3.63) is 5.92 Å². The SMILES string of the molecule is FC(F)(F)[C](C(F)(F)F)C(F)(C(F)(F)F)C(F)(F)C(F)(F)C(F)(F)F. The van der Waals surface area contributed by atoms with E-state index in [0.717, 1.165) is 0 Å². The third-order valence-electron chi connectivity index (χ3n) is 2.49. The van der Waals surface area contributed by atoms with Crippen molar-refractivity contribution in [2.45, 2.75) is 42.2 Å². The zero-order valence-corrected chi connectivity index (χ0v) is 10.4. The molecule has 0 aromatic rings. The van der Waals surface area contributed by atoms with Gasteiger partial charge in [0.05, 0.1) is 0 Å². The molecule has 25 heavy (non-hydrogen) atoms. The predicted molar refractivity (Wildman–Crippen MR) is 41.2 cm³/mol. The van der Waals surface area contributed by atoms with Gasteiger partial charge in [-0.2, -0.15) is 70.2 Å². The van der Waals surface area contributed by atoms with Gasteiger partial charge in [0, 0.05) is 0 Å². The van der Waals surface area contributed by atoms with Gasteiger partial charge in [-0.25, -0.2) is 4.39 Å². The van der Waals surface area contributed by atoms with E-state index in [4.69, 9.17) is 0 Å². The molecular formula is C8F17. The second-order valence-corrected chi connectivity index (χ2v) is 4.17. The van der Waals surface area contributed by atoms with Crippen LogP contribution < -0.4 is 0 Å². The van der Waals surface area contributed by atoms with Crippen molar-refractivity contribution in [3.8, 4) is 0 Å². The van der Waals surface area contributed by atoms with Crippen LogP contribution in [0.15, 0.2) is 0 Å². The molecule has 0 fully saturated rings. The van der Waals surface area contributed by atoms with Crippen molar-refractivity contribution < 1.29 is 74.6 Å². The number of hydrogen-bond acceptors (Lipinski definition) is 0. The minimum absolute atomic E-state index is 5.83. The van der Waals surface area contributed by atoms with Gasteiger partial charge in [-0.1, -0.05) is 0 Å². The van der Waals surface area contributed by atoms with Gasteiger partial charge in [0.2, 0.25) is 5.92 Å². The molecule has 151 valence electrons. The first-order valence-corrected chi connectivity index (χ1v) is 4.96. The van der Waals surface area contributed by atoms with Gasteiger partial charge in [0.25, 0.3) is 5.67 Å². The molecule has 0 aliphatic heterocycles. The predicted octanol–water partition coefficient (Wildman–Crippen LogP) is 5.79. The molecule has 17 heteroatoms. The van der Waals surface area contributed by atoms with E-state index in [1.54, 1.807) is 0 Å². The highest BCUT2D eigenvalue weighted by Gasteiger charge is 2.93. The van der Waals surface area contributed by atoms with Crippen LogP contribution in [0.25, 0.3) is 0 Å². The Bertz CT molecular complexity index is 457. The van der Waals surface area contributed by atoms with Crippen LogP contribution in [0.2, 0.25) is 0 Å². The summed E-state index contributed by atoms with van der Waals surface area (Å²) in [6.07, 6.45) is -31.5. The molecule has 0 N–H and O–H groups in total. The lowest BCUT2D eigenvalue weighted by Gasteiger charge is -2.43. The second-order valence-electron chi connectivity index (χ2n) is 4.17. The zero-order chi connectivity index (χ0) is 21.1. The normalized spacial score (nSPS) is 18.5. The van der Waals surface area contributed by atoms with E-state index in [-0.39, 0.29) is 0 Å². The molecule has 0 amide bonds. The van der Waals surface area contributed by atoms with Gasteiger partial charge >= 0.3 is 36.6 Å². The quantitative estimate of drug-likeness (QED) is 0.509. The smallest absolute Gasteiger partial charge is 0.225 e. The molecule has 1 radical (unpaired) electrons. The lowest BCUT2D eigenvalue weighted by Crippen LogP contribution is -2.73. The maximum absolute atomic E-state index is 13.4. The fourth-order valence-corrected chi connectivity index (χ4v) is 1.42. The minimum Gasteiger partial charge on any atom is -0.225 e. The summed E-state index contributed by atoms with van der Waals surface area (Å²) in [5.74, 6) is -22.7. The van der Waals surface area contributed by atoms with E-state index in [0.29, 0.717) is 0 Å². The standard InChI is InChI=1S/C8F17/c9-2(7(20,21)22,1(3(10,11)12)4(13,14)15)5(16,17)6(18,19)8(23,24)25. The highest BCUT2D eigenvalue weighted by molar-refractivity contribution is 5.29. The van der Waals surface area contributed by atoms with Crippen LogP contribution in [0.3, 0.4) is 0 Å². The van der Waals surface area contributed by atoms with E-state index in [1.807, 2.05) is 0 Å². The Morgan fingerprint density at radius 1 is 0.360 bits per heavy atom. The highest BCUT2D eigenvalue weighted by atomic mass is 19.4. The van der Waals surface area contributed by atoms with Crippen molar-refractivity contribution in [3.63, 3.8) is 0 Å². The molecule has 0 saturated carbocycles. The Kier molecular flexibility index (Phi) is 5.38. The van der Waals surface area contributed by atoms with Crippen molar-refractivity contribution in [1.82, 2.24) is 0 Å². The van der Waals surface area contributed by atoms with E-state index in [1.165, 1.54) is 0 Å². The summed E-state index contributed by atoms with van der Waals surface area (Å²) < 4.78 is 209. The molecule has 0 heterocycles. The molecule has 0 saturated heterocycles. The van der Waals surface area contributed by atoms with Crippen molar-refractivity contribution in [2.24, 2.45) is 0 Å². The van der Waals surface area contributed by atoms with Crippen molar-refractivity contribution >= 4 is 0 Å². The molecule has 0 nitrogen and oxygen atoms in total. The number of alkyl halides is 17. The molecule has 1 unspecified atom stereocenters. The molecular weight excluding hydrogens is 419 g/mol. The van der Waals surface area contributed by atoms with Crippen LogP contribution >= 0.6 is 0 Å². The van der Waals surface area contributed by atoms with Gasteiger partial charge in [0.15, 0.2) is 0 Å². The van der Waals surface area contributed by atoms with Crippen LogP contribution in [0.4, 0.5) is 74.6 Å². The second kappa shape index (κ2) is 5.65. The highest BCUT2D eigenvalue weighted by Crippen LogP contribution is 2.65. The summed E-state index contributed by atoms with van der Waals surface area (Å²) in [6.45, 7) is 0. The van der Waals surface area contributed by atoms with Gasteiger partial charge in [-0.3, -0.25) is 0 Å². The molecule has 0 aliphatic rings. The summed E-state index contributed by atoms with van der Waals surface area (Å²) in [7, 11) is 0. The molecule has 1 atom stereocenters. The van der Waals surface area contributed by atoms with Crippen LogP contribution in [0.5, 0.6) is 0 Å². The topological polar surface area (TPSA) is 0 Å². The molecule has 0 aromatic heterocycles. The summed E-state index contributed by atoms with van der Waals surface area (Å²) in [5, 5.41) is 0. The van der Waals surface area contributed by atoms with Crippen LogP contribution in [-0.2, 0) is 0 Å². The van der Waals surface area contributed by atoms with Gasteiger partial charge in [-0.05, 0) is 0 Å². The fourth-order valence-electron chi connectivity index (χ4n) is 1.42. The van der Waals surface area contributed by atoms with Crippen LogP contribution in [0, 0.1) is 5.92 Å². The Morgan fingerprint density at radius 3 is 0.800 bits per heavy atom. The molecule has 0 rings (SSSR count). The maximum atomic E-state index is 13.4. The van der Waals surface area contributed by atoms with Crippen LogP contribution in [0.1, 0.15) is 0 Å². The summed E-state index contributed by atoms with van der Waals surface area (Å²) >= 11 is 0. The Labute approximate surface area is 124 Å². The van der Waals surface area contributed by atoms with E-state index in [9.17, 15) is 74.6 Å². The Hall–Kier alpha value is -1.19. The van der Waals surface area contributed by atoms with E-state index < -0.39 is 48.1 Å². The largest absolute Gasteiger partial charge is 0.460 e.